The Balaban J connectivity index is 1.55. The first-order valence-corrected chi connectivity index (χ1v) is 13.0. The molecule has 9 nitrogen and oxygen atoms in total. The molecule has 0 aliphatic carbocycles. The number of carbonyl (C=O) groups excluding carboxylic acids is 1. The van der Waals surface area contributed by atoms with Crippen molar-refractivity contribution in [3.8, 4) is 11.3 Å². The van der Waals surface area contributed by atoms with Crippen molar-refractivity contribution in [2.75, 3.05) is 10.2 Å². The van der Waals surface area contributed by atoms with E-state index >= 15 is 0 Å². The molecule has 3 heterocycles. The maximum absolute atomic E-state index is 12.2. The number of hydrogen-bond acceptors (Lipinski definition) is 6. The zero-order valence-electron chi connectivity index (χ0n) is 21.0. The summed E-state index contributed by atoms with van der Waals surface area (Å²) >= 11 is 12.3. The molecule has 0 spiro atoms. The number of nitro groups is 1. The smallest absolute Gasteiger partial charge is 0.270 e. The van der Waals surface area contributed by atoms with Crippen molar-refractivity contribution in [1.82, 2.24) is 10.3 Å². The summed E-state index contributed by atoms with van der Waals surface area (Å²) in [6.45, 7) is 3.61. The predicted octanol–water partition coefficient (Wildman–Crippen LogP) is 6.67. The topological polar surface area (TPSA) is 114 Å². The van der Waals surface area contributed by atoms with E-state index in [9.17, 15) is 14.9 Å². The van der Waals surface area contributed by atoms with Crippen LogP contribution in [0.25, 0.3) is 11.3 Å². The van der Waals surface area contributed by atoms with Crippen molar-refractivity contribution < 1.29 is 14.1 Å². The van der Waals surface area contributed by atoms with Crippen LogP contribution in [0.1, 0.15) is 37.4 Å². The highest BCUT2D eigenvalue weighted by atomic mass is 35.5. The van der Waals surface area contributed by atoms with Gasteiger partial charge in [-0.25, -0.2) is 0 Å². The summed E-state index contributed by atoms with van der Waals surface area (Å²) in [5, 5.41) is 18.3. The van der Waals surface area contributed by atoms with Gasteiger partial charge in [-0.05, 0) is 54.7 Å². The average Bonchev–Trinajstić information content (AvgIpc) is 3.55. The first-order valence-electron chi connectivity index (χ1n) is 12.2. The number of hydrogen-bond donors (Lipinski definition) is 2. The minimum absolute atomic E-state index is 0.0264. The second kappa shape index (κ2) is 10.8. The van der Waals surface area contributed by atoms with Gasteiger partial charge < -0.3 is 20.0 Å². The molecule has 1 fully saturated rings. The highest BCUT2D eigenvalue weighted by Crippen LogP contribution is 2.44. The summed E-state index contributed by atoms with van der Waals surface area (Å²) in [5.74, 6) is 0.725. The van der Waals surface area contributed by atoms with Crippen LogP contribution in [-0.4, -0.2) is 20.9 Å². The Morgan fingerprint density at radius 3 is 2.67 bits per heavy atom. The molecule has 2 aromatic heterocycles. The van der Waals surface area contributed by atoms with Crippen LogP contribution in [0.2, 0.25) is 5.02 Å². The summed E-state index contributed by atoms with van der Waals surface area (Å²) in [5.41, 5.74) is 2.50. The van der Waals surface area contributed by atoms with Crippen LogP contribution in [0.15, 0.2) is 83.4 Å². The minimum Gasteiger partial charge on any atom is -0.459 e. The number of furan rings is 1. The van der Waals surface area contributed by atoms with E-state index in [0.29, 0.717) is 38.6 Å². The van der Waals surface area contributed by atoms with Crippen LogP contribution in [-0.2, 0) is 4.79 Å². The maximum Gasteiger partial charge on any atom is 0.270 e. The van der Waals surface area contributed by atoms with Gasteiger partial charge in [0, 0.05) is 35.5 Å². The molecule has 1 aliphatic rings. The van der Waals surface area contributed by atoms with E-state index in [-0.39, 0.29) is 23.6 Å². The Bertz CT molecular complexity index is 1560. The monoisotopic (exact) mass is 561 g/mol. The molecule has 11 heteroatoms. The SMILES string of the molecule is CC(C)C(=O)Nc1ccc(N2C(=S)N[C@@H](c3ccccn3)[C@@H]2c2ccc(-c3cccc([N+](=O)[O-])c3)o2)cc1Cl. The van der Waals surface area contributed by atoms with E-state index in [1.165, 1.54) is 12.1 Å². The molecule has 0 bridgehead atoms. The number of nitro benzene ring substituents is 1. The van der Waals surface area contributed by atoms with Crippen LogP contribution in [0.5, 0.6) is 0 Å². The van der Waals surface area contributed by atoms with Gasteiger partial charge in [-0.15, -0.1) is 0 Å². The molecular weight excluding hydrogens is 538 g/mol. The number of benzene rings is 2. The summed E-state index contributed by atoms with van der Waals surface area (Å²) in [6.07, 6.45) is 1.71. The molecule has 2 aromatic carbocycles. The van der Waals surface area contributed by atoms with Gasteiger partial charge in [-0.3, -0.25) is 19.9 Å². The first kappa shape index (κ1) is 26.3. The standard InChI is InChI=1S/C28H24ClN5O4S/c1-16(2)27(35)31-21-10-9-18(15-20(21)29)33-26(25(32-28(33)39)22-8-3-4-13-30-22)24-12-11-23(38-24)17-6-5-7-19(14-17)34(36)37/h3-16,25-26H,1-2H3,(H,31,35)(H,32,39)/t25-,26-/m0/s1. The zero-order chi connectivity index (χ0) is 27.7. The lowest BCUT2D eigenvalue weighted by molar-refractivity contribution is -0.384. The van der Waals surface area contributed by atoms with Gasteiger partial charge in [0.1, 0.15) is 17.6 Å². The fourth-order valence-electron chi connectivity index (χ4n) is 4.39. The van der Waals surface area contributed by atoms with Crippen molar-refractivity contribution in [2.45, 2.75) is 25.9 Å². The molecule has 0 unspecified atom stereocenters. The second-order valence-electron chi connectivity index (χ2n) is 9.31. The van der Waals surface area contributed by atoms with E-state index in [4.69, 9.17) is 28.2 Å². The summed E-state index contributed by atoms with van der Waals surface area (Å²) in [7, 11) is 0. The third-order valence-corrected chi connectivity index (χ3v) is 7.00. The molecule has 0 saturated carbocycles. The molecule has 0 radical (unpaired) electrons. The molecule has 2 N–H and O–H groups in total. The van der Waals surface area contributed by atoms with Gasteiger partial charge in [-0.1, -0.05) is 43.6 Å². The van der Waals surface area contributed by atoms with Gasteiger partial charge in [0.25, 0.3) is 5.69 Å². The number of aromatic nitrogens is 1. The Morgan fingerprint density at radius 1 is 1.15 bits per heavy atom. The fraction of sp³-hybridized carbons (Fsp3) is 0.179. The van der Waals surface area contributed by atoms with Crippen molar-refractivity contribution in [3.63, 3.8) is 0 Å². The molecule has 2 atom stereocenters. The van der Waals surface area contributed by atoms with Crippen LogP contribution in [0, 0.1) is 16.0 Å². The van der Waals surface area contributed by atoms with E-state index in [2.05, 4.69) is 15.6 Å². The zero-order valence-corrected chi connectivity index (χ0v) is 22.6. The molecule has 1 amide bonds. The Kier molecular flexibility index (Phi) is 7.32. The number of nitrogens with zero attached hydrogens (tertiary/aromatic N) is 3. The number of non-ortho nitro benzene ring substituents is 1. The maximum atomic E-state index is 12.2. The van der Waals surface area contributed by atoms with Crippen LogP contribution >= 0.6 is 23.8 Å². The number of anilines is 2. The molecule has 1 aliphatic heterocycles. The van der Waals surface area contributed by atoms with E-state index in [0.717, 1.165) is 5.69 Å². The highest BCUT2D eigenvalue weighted by Gasteiger charge is 2.42. The third-order valence-electron chi connectivity index (χ3n) is 6.37. The minimum atomic E-state index is -0.452. The number of carbonyl (C=O) groups is 1. The normalized spacial score (nSPS) is 16.8. The van der Waals surface area contributed by atoms with Gasteiger partial charge >= 0.3 is 0 Å². The number of pyridine rings is 1. The van der Waals surface area contributed by atoms with Gasteiger partial charge in [0.05, 0.1) is 27.4 Å². The van der Waals surface area contributed by atoms with E-state index < -0.39 is 11.0 Å². The highest BCUT2D eigenvalue weighted by molar-refractivity contribution is 7.80. The lowest BCUT2D eigenvalue weighted by Crippen LogP contribution is -2.29. The number of nitrogens with one attached hydrogen (secondary N) is 2. The van der Waals surface area contributed by atoms with Crippen LogP contribution in [0.3, 0.4) is 0 Å². The van der Waals surface area contributed by atoms with Gasteiger partial charge in [0.15, 0.2) is 5.11 Å². The number of halogens is 1. The summed E-state index contributed by atoms with van der Waals surface area (Å²) in [6, 6.07) is 20.0. The van der Waals surface area contributed by atoms with Gasteiger partial charge in [0.2, 0.25) is 5.91 Å². The fourth-order valence-corrected chi connectivity index (χ4v) is 4.96. The molecular formula is C28H24ClN5O4S. The molecule has 39 heavy (non-hydrogen) atoms. The predicted molar refractivity (Wildman–Crippen MR) is 154 cm³/mol. The molecule has 5 rings (SSSR count). The number of thiocarbonyl (C=S) groups is 1. The van der Waals surface area contributed by atoms with E-state index in [1.807, 2.05) is 35.2 Å². The van der Waals surface area contributed by atoms with Crippen molar-refractivity contribution in [1.29, 1.82) is 0 Å². The average molecular weight is 562 g/mol. The lowest BCUT2D eigenvalue weighted by atomic mass is 10.0. The van der Waals surface area contributed by atoms with Crippen molar-refractivity contribution in [3.05, 3.63) is 106 Å². The van der Waals surface area contributed by atoms with E-state index in [1.54, 1.807) is 50.4 Å². The van der Waals surface area contributed by atoms with Crippen molar-refractivity contribution in [2.24, 2.45) is 5.92 Å². The molecule has 198 valence electrons. The summed E-state index contributed by atoms with van der Waals surface area (Å²) in [4.78, 5) is 29.5. The summed E-state index contributed by atoms with van der Waals surface area (Å²) < 4.78 is 6.29. The largest absolute Gasteiger partial charge is 0.459 e. The lowest BCUT2D eigenvalue weighted by Gasteiger charge is -2.26. The quantitative estimate of drug-likeness (QED) is 0.146. The molecule has 1 saturated heterocycles. The van der Waals surface area contributed by atoms with Crippen LogP contribution < -0.4 is 15.5 Å². The Labute approximate surface area is 235 Å². The number of rotatable bonds is 7. The Morgan fingerprint density at radius 2 is 1.97 bits per heavy atom. The number of amides is 1. The third kappa shape index (κ3) is 5.34. The molecule has 4 aromatic rings. The Hall–Kier alpha value is -4.28. The second-order valence-corrected chi connectivity index (χ2v) is 10.1. The van der Waals surface area contributed by atoms with Gasteiger partial charge in [-0.2, -0.15) is 0 Å². The first-order chi connectivity index (χ1) is 18.7. The van der Waals surface area contributed by atoms with Crippen molar-refractivity contribution >= 4 is 51.9 Å². The van der Waals surface area contributed by atoms with Crippen LogP contribution in [0.4, 0.5) is 17.1 Å².